The van der Waals surface area contributed by atoms with Gasteiger partial charge in [-0.1, -0.05) is 13.0 Å². The van der Waals surface area contributed by atoms with Gasteiger partial charge in [0.2, 0.25) is 0 Å². The SMILES string of the molecule is C[C@H](CN)Cc1cccs1. The van der Waals surface area contributed by atoms with Gasteiger partial charge in [0.15, 0.2) is 0 Å². The predicted molar refractivity (Wildman–Crippen MR) is 46.2 cm³/mol. The lowest BCUT2D eigenvalue weighted by atomic mass is 10.1. The highest BCUT2D eigenvalue weighted by atomic mass is 32.1. The lowest BCUT2D eigenvalue weighted by Gasteiger charge is -2.04. The van der Waals surface area contributed by atoms with Crippen LogP contribution in [0.3, 0.4) is 0 Å². The van der Waals surface area contributed by atoms with Crippen molar-refractivity contribution in [2.75, 3.05) is 6.54 Å². The molecule has 2 N–H and O–H groups in total. The third-order valence-corrected chi connectivity index (χ3v) is 2.43. The molecule has 0 saturated heterocycles. The standard InChI is InChI=1S/C8H13NS/c1-7(6-9)5-8-3-2-4-10-8/h2-4,7H,5-6,9H2,1H3/t7-/m0/s1. The van der Waals surface area contributed by atoms with Crippen molar-refractivity contribution in [2.45, 2.75) is 13.3 Å². The molecule has 1 heterocycles. The topological polar surface area (TPSA) is 26.0 Å². The minimum Gasteiger partial charge on any atom is -0.330 e. The van der Waals surface area contributed by atoms with Crippen molar-refractivity contribution in [3.05, 3.63) is 22.4 Å². The molecule has 0 bridgehead atoms. The van der Waals surface area contributed by atoms with Crippen LogP contribution in [0, 0.1) is 5.92 Å². The van der Waals surface area contributed by atoms with E-state index < -0.39 is 0 Å². The molecule has 0 unspecified atom stereocenters. The van der Waals surface area contributed by atoms with Gasteiger partial charge in [-0.15, -0.1) is 11.3 Å². The van der Waals surface area contributed by atoms with Crippen LogP contribution in [0.5, 0.6) is 0 Å². The smallest absolute Gasteiger partial charge is 0.00483 e. The fourth-order valence-corrected chi connectivity index (χ4v) is 1.73. The lowest BCUT2D eigenvalue weighted by Crippen LogP contribution is -2.12. The van der Waals surface area contributed by atoms with E-state index in [0.717, 1.165) is 13.0 Å². The summed E-state index contributed by atoms with van der Waals surface area (Å²) < 4.78 is 0. The summed E-state index contributed by atoms with van der Waals surface area (Å²) in [6.07, 6.45) is 1.13. The van der Waals surface area contributed by atoms with E-state index in [1.165, 1.54) is 4.88 Å². The first-order valence-corrected chi connectivity index (χ1v) is 4.43. The van der Waals surface area contributed by atoms with Crippen LogP contribution >= 0.6 is 11.3 Å². The Morgan fingerprint density at radius 1 is 1.70 bits per heavy atom. The third-order valence-electron chi connectivity index (χ3n) is 1.53. The Kier molecular flexibility index (Phi) is 2.90. The summed E-state index contributed by atoms with van der Waals surface area (Å²) in [6.45, 7) is 2.97. The van der Waals surface area contributed by atoms with E-state index in [4.69, 9.17) is 5.73 Å². The molecule has 1 nitrogen and oxygen atoms in total. The quantitative estimate of drug-likeness (QED) is 0.708. The van der Waals surface area contributed by atoms with Gasteiger partial charge in [-0.2, -0.15) is 0 Å². The molecule has 10 heavy (non-hydrogen) atoms. The van der Waals surface area contributed by atoms with Crippen molar-refractivity contribution in [3.63, 3.8) is 0 Å². The fourth-order valence-electron chi connectivity index (χ4n) is 0.856. The van der Waals surface area contributed by atoms with Crippen LogP contribution in [-0.4, -0.2) is 6.54 Å². The molecule has 1 rings (SSSR count). The van der Waals surface area contributed by atoms with Gasteiger partial charge in [0, 0.05) is 4.88 Å². The fraction of sp³-hybridized carbons (Fsp3) is 0.500. The van der Waals surface area contributed by atoms with Crippen LogP contribution in [-0.2, 0) is 6.42 Å². The van der Waals surface area contributed by atoms with E-state index >= 15 is 0 Å². The molecule has 1 aromatic heterocycles. The van der Waals surface area contributed by atoms with Gasteiger partial charge in [0.05, 0.1) is 0 Å². The Bertz CT molecular complexity index is 169. The highest BCUT2D eigenvalue weighted by molar-refractivity contribution is 7.09. The summed E-state index contributed by atoms with van der Waals surface area (Å²) in [5.41, 5.74) is 5.49. The van der Waals surface area contributed by atoms with Crippen molar-refractivity contribution in [3.8, 4) is 0 Å². The largest absolute Gasteiger partial charge is 0.330 e. The molecule has 2 heteroatoms. The second-order valence-electron chi connectivity index (χ2n) is 2.62. The van der Waals surface area contributed by atoms with E-state index in [1.54, 1.807) is 0 Å². The van der Waals surface area contributed by atoms with Gasteiger partial charge >= 0.3 is 0 Å². The average Bonchev–Trinajstić information content (AvgIpc) is 2.40. The molecule has 0 saturated carbocycles. The molecular weight excluding hydrogens is 142 g/mol. The molecule has 0 radical (unpaired) electrons. The van der Waals surface area contributed by atoms with E-state index in [9.17, 15) is 0 Å². The molecule has 0 spiro atoms. The summed E-state index contributed by atoms with van der Waals surface area (Å²) in [6, 6.07) is 4.25. The molecule has 0 aromatic carbocycles. The Morgan fingerprint density at radius 3 is 3.00 bits per heavy atom. The van der Waals surface area contributed by atoms with E-state index in [0.29, 0.717) is 5.92 Å². The minimum atomic E-state index is 0.624. The average molecular weight is 155 g/mol. The van der Waals surface area contributed by atoms with Gasteiger partial charge in [0.25, 0.3) is 0 Å². The molecule has 1 atom stereocenters. The maximum Gasteiger partial charge on any atom is 0.00483 e. The molecule has 0 fully saturated rings. The van der Waals surface area contributed by atoms with Crippen LogP contribution in [0.1, 0.15) is 11.8 Å². The maximum absolute atomic E-state index is 5.49. The zero-order valence-corrected chi connectivity index (χ0v) is 7.03. The Morgan fingerprint density at radius 2 is 2.50 bits per heavy atom. The van der Waals surface area contributed by atoms with Gasteiger partial charge < -0.3 is 5.73 Å². The molecule has 0 aliphatic rings. The number of thiophene rings is 1. The molecular formula is C8H13NS. The normalized spacial score (nSPS) is 13.4. The maximum atomic E-state index is 5.49. The monoisotopic (exact) mass is 155 g/mol. The first-order valence-electron chi connectivity index (χ1n) is 3.55. The number of rotatable bonds is 3. The Labute approximate surface area is 65.9 Å². The van der Waals surface area contributed by atoms with Crippen LogP contribution in [0.2, 0.25) is 0 Å². The summed E-state index contributed by atoms with van der Waals surface area (Å²) >= 11 is 1.81. The van der Waals surface area contributed by atoms with Gasteiger partial charge in [0.1, 0.15) is 0 Å². The van der Waals surface area contributed by atoms with Crippen LogP contribution in [0.4, 0.5) is 0 Å². The molecule has 0 aliphatic heterocycles. The molecule has 1 aromatic rings. The second-order valence-corrected chi connectivity index (χ2v) is 3.66. The van der Waals surface area contributed by atoms with Crippen molar-refractivity contribution in [2.24, 2.45) is 11.7 Å². The first-order chi connectivity index (χ1) is 4.83. The van der Waals surface area contributed by atoms with Crippen molar-refractivity contribution in [1.29, 1.82) is 0 Å². The van der Waals surface area contributed by atoms with E-state index in [2.05, 4.69) is 24.4 Å². The van der Waals surface area contributed by atoms with Crippen LogP contribution < -0.4 is 5.73 Å². The van der Waals surface area contributed by atoms with Crippen molar-refractivity contribution >= 4 is 11.3 Å². The summed E-state index contributed by atoms with van der Waals surface area (Å²) in [4.78, 5) is 1.44. The summed E-state index contributed by atoms with van der Waals surface area (Å²) in [7, 11) is 0. The Hall–Kier alpha value is -0.340. The number of hydrogen-bond donors (Lipinski definition) is 1. The molecule has 0 amide bonds. The highest BCUT2D eigenvalue weighted by Gasteiger charge is 2.00. The van der Waals surface area contributed by atoms with Crippen LogP contribution in [0.25, 0.3) is 0 Å². The highest BCUT2D eigenvalue weighted by Crippen LogP contribution is 2.13. The van der Waals surface area contributed by atoms with Gasteiger partial charge in [-0.3, -0.25) is 0 Å². The second kappa shape index (κ2) is 3.74. The summed E-state index contributed by atoms with van der Waals surface area (Å²) in [5.74, 6) is 0.624. The first kappa shape index (κ1) is 7.76. The van der Waals surface area contributed by atoms with E-state index in [1.807, 2.05) is 11.3 Å². The van der Waals surface area contributed by atoms with E-state index in [-0.39, 0.29) is 0 Å². The number of nitrogens with two attached hydrogens (primary N) is 1. The van der Waals surface area contributed by atoms with Crippen molar-refractivity contribution in [1.82, 2.24) is 0 Å². The lowest BCUT2D eigenvalue weighted by molar-refractivity contribution is 0.598. The van der Waals surface area contributed by atoms with Gasteiger partial charge in [-0.25, -0.2) is 0 Å². The number of hydrogen-bond acceptors (Lipinski definition) is 2. The molecule has 56 valence electrons. The zero-order chi connectivity index (χ0) is 7.40. The van der Waals surface area contributed by atoms with Gasteiger partial charge in [-0.05, 0) is 30.3 Å². The molecule has 0 aliphatic carbocycles. The van der Waals surface area contributed by atoms with Crippen LogP contribution in [0.15, 0.2) is 17.5 Å². The van der Waals surface area contributed by atoms with Crippen molar-refractivity contribution < 1.29 is 0 Å². The predicted octanol–water partition coefficient (Wildman–Crippen LogP) is 1.89. The zero-order valence-electron chi connectivity index (χ0n) is 6.21. The Balaban J connectivity index is 2.40. The minimum absolute atomic E-state index is 0.624. The third kappa shape index (κ3) is 2.12. The summed E-state index contributed by atoms with van der Waals surface area (Å²) in [5, 5.41) is 2.11.